The Kier molecular flexibility index (Phi) is 4.93. The number of esters is 1. The van der Waals surface area contributed by atoms with Crippen LogP contribution in [-0.2, 0) is 14.4 Å². The highest BCUT2D eigenvalue weighted by atomic mass is 32.2. The maximum atomic E-state index is 11.8. The van der Waals surface area contributed by atoms with Crippen LogP contribution in [0.4, 0.5) is 0 Å². The van der Waals surface area contributed by atoms with Crippen molar-refractivity contribution in [2.45, 2.75) is 16.7 Å². The van der Waals surface area contributed by atoms with Crippen molar-refractivity contribution in [3.05, 3.63) is 34.6 Å². The third-order valence-electron chi connectivity index (χ3n) is 2.25. The number of hydrogen-bond acceptors (Lipinski definition) is 6. The normalized spacial score (nSPS) is 14.4. The van der Waals surface area contributed by atoms with Gasteiger partial charge in [0.15, 0.2) is 0 Å². The molecule has 0 saturated heterocycles. The van der Waals surface area contributed by atoms with E-state index in [0.29, 0.717) is 6.61 Å². The number of rotatable bonds is 4. The van der Waals surface area contributed by atoms with E-state index in [4.69, 9.17) is 9.57 Å². The topological polar surface area (TPSA) is 47.9 Å². The third kappa shape index (κ3) is 3.33. The number of benzene rings is 1. The van der Waals surface area contributed by atoms with Crippen LogP contribution in [0.3, 0.4) is 0 Å². The van der Waals surface area contributed by atoms with Gasteiger partial charge in [-0.15, -0.1) is 0 Å². The third-order valence-corrected chi connectivity index (χ3v) is 4.60. The highest BCUT2D eigenvalue weighted by molar-refractivity contribution is 8.09. The Morgan fingerprint density at radius 2 is 2.05 bits per heavy atom. The first-order valence-electron chi connectivity index (χ1n) is 5.68. The summed E-state index contributed by atoms with van der Waals surface area (Å²) in [6, 6.07) is 8.00. The summed E-state index contributed by atoms with van der Waals surface area (Å²) in [5.74, 6) is -0.469. The van der Waals surface area contributed by atoms with Crippen molar-refractivity contribution in [3.63, 3.8) is 0 Å². The van der Waals surface area contributed by atoms with E-state index < -0.39 is 5.97 Å². The molecule has 0 aromatic heterocycles. The molecule has 1 heterocycles. The molecule has 6 heteroatoms. The summed E-state index contributed by atoms with van der Waals surface area (Å²) in [7, 11) is 1.41. The second kappa shape index (κ2) is 6.68. The number of oxime groups is 1. The second-order valence-electron chi connectivity index (χ2n) is 3.49. The summed E-state index contributed by atoms with van der Waals surface area (Å²) >= 11 is 3.05. The first-order valence-corrected chi connectivity index (χ1v) is 7.38. The summed E-state index contributed by atoms with van der Waals surface area (Å²) in [6.07, 6.45) is 0. The van der Waals surface area contributed by atoms with Crippen LogP contribution in [0.15, 0.2) is 49.5 Å². The summed E-state index contributed by atoms with van der Waals surface area (Å²) in [5.41, 5.74) is 0.205. The average Bonchev–Trinajstić information content (AvgIpc) is 2.44. The fourth-order valence-corrected chi connectivity index (χ4v) is 3.53. The molecule has 0 atom stereocenters. The van der Waals surface area contributed by atoms with E-state index in [0.717, 1.165) is 14.7 Å². The lowest BCUT2D eigenvalue weighted by atomic mass is 10.3. The molecule has 0 bridgehead atoms. The summed E-state index contributed by atoms with van der Waals surface area (Å²) in [5, 5.41) is 5.67. The average molecular weight is 295 g/mol. The first-order chi connectivity index (χ1) is 9.26. The molecule has 0 radical (unpaired) electrons. The first kappa shape index (κ1) is 14.0. The van der Waals surface area contributed by atoms with E-state index in [1.807, 2.05) is 29.7 Å². The molecule has 4 nitrogen and oxygen atoms in total. The lowest BCUT2D eigenvalue weighted by Crippen LogP contribution is -2.19. The van der Waals surface area contributed by atoms with Crippen LogP contribution in [0.2, 0.25) is 0 Å². The Hall–Kier alpha value is -1.40. The van der Waals surface area contributed by atoms with Gasteiger partial charge in [0.05, 0.1) is 11.5 Å². The minimum absolute atomic E-state index is 0.205. The van der Waals surface area contributed by atoms with Crippen LogP contribution < -0.4 is 0 Å². The van der Waals surface area contributed by atoms with E-state index >= 15 is 0 Å². The van der Waals surface area contributed by atoms with E-state index in [-0.39, 0.29) is 5.71 Å². The standard InChI is InChI=1S/C13H13NO3S2/c1-3-17-13(15)12(14-16-2)11-8-18-9-6-4-5-7-10(9)19-11/h4-8H,3H2,1-2H3/b14-12-. The van der Waals surface area contributed by atoms with Gasteiger partial charge in [0, 0.05) is 9.79 Å². The Morgan fingerprint density at radius 3 is 2.74 bits per heavy atom. The molecule has 1 aliphatic rings. The Morgan fingerprint density at radius 1 is 1.32 bits per heavy atom. The molecule has 1 aromatic rings. The Balaban J connectivity index is 2.24. The Labute approximate surface area is 120 Å². The summed E-state index contributed by atoms with van der Waals surface area (Å²) in [4.78, 5) is 19.6. The van der Waals surface area contributed by atoms with Crippen LogP contribution >= 0.6 is 23.5 Å². The van der Waals surface area contributed by atoms with Gasteiger partial charge in [0.2, 0.25) is 5.71 Å². The lowest BCUT2D eigenvalue weighted by molar-refractivity contribution is -0.135. The molecule has 1 aliphatic heterocycles. The fraction of sp³-hybridized carbons (Fsp3) is 0.231. The predicted molar refractivity (Wildman–Crippen MR) is 77.3 cm³/mol. The second-order valence-corrected chi connectivity index (χ2v) is 5.49. The minimum Gasteiger partial charge on any atom is -0.461 e. The van der Waals surface area contributed by atoms with Crippen molar-refractivity contribution in [3.8, 4) is 0 Å². The van der Waals surface area contributed by atoms with Crippen molar-refractivity contribution in [1.82, 2.24) is 0 Å². The smallest absolute Gasteiger partial charge is 0.361 e. The molecule has 2 rings (SSSR count). The quantitative estimate of drug-likeness (QED) is 0.484. The van der Waals surface area contributed by atoms with Crippen molar-refractivity contribution in [2.24, 2.45) is 5.16 Å². The van der Waals surface area contributed by atoms with Gasteiger partial charge >= 0.3 is 5.97 Å². The zero-order chi connectivity index (χ0) is 13.7. The largest absolute Gasteiger partial charge is 0.461 e. The molecule has 1 aromatic carbocycles. The van der Waals surface area contributed by atoms with Gasteiger partial charge in [-0.2, -0.15) is 0 Å². The molecule has 0 N–H and O–H groups in total. The van der Waals surface area contributed by atoms with E-state index in [2.05, 4.69) is 5.16 Å². The van der Waals surface area contributed by atoms with Gasteiger partial charge in [0.25, 0.3) is 0 Å². The van der Waals surface area contributed by atoms with Crippen LogP contribution in [0, 0.1) is 0 Å². The van der Waals surface area contributed by atoms with Crippen LogP contribution in [0.5, 0.6) is 0 Å². The van der Waals surface area contributed by atoms with E-state index in [9.17, 15) is 4.79 Å². The number of fused-ring (bicyclic) bond motifs is 1. The van der Waals surface area contributed by atoms with Gasteiger partial charge in [-0.05, 0) is 24.5 Å². The number of hydrogen-bond donors (Lipinski definition) is 0. The zero-order valence-corrected chi connectivity index (χ0v) is 12.2. The highest BCUT2D eigenvalue weighted by Gasteiger charge is 2.23. The zero-order valence-electron chi connectivity index (χ0n) is 10.6. The number of carbonyl (C=O) groups excluding carboxylic acids is 1. The van der Waals surface area contributed by atoms with E-state index in [1.165, 1.54) is 18.9 Å². The van der Waals surface area contributed by atoms with Gasteiger partial charge in [-0.25, -0.2) is 4.79 Å². The monoisotopic (exact) mass is 295 g/mol. The Bertz CT molecular complexity index is 540. The molecule has 0 amide bonds. The van der Waals surface area contributed by atoms with Gasteiger partial charge in [-0.1, -0.05) is 40.8 Å². The molecular formula is C13H13NO3S2. The van der Waals surface area contributed by atoms with Gasteiger partial charge < -0.3 is 9.57 Å². The van der Waals surface area contributed by atoms with Crippen molar-refractivity contribution >= 4 is 35.2 Å². The molecule has 0 saturated carbocycles. The summed E-state index contributed by atoms with van der Waals surface area (Å²) in [6.45, 7) is 2.07. The number of thioether (sulfide) groups is 2. The highest BCUT2D eigenvalue weighted by Crippen LogP contribution is 2.42. The number of carbonyl (C=O) groups is 1. The van der Waals surface area contributed by atoms with Crippen molar-refractivity contribution in [1.29, 1.82) is 0 Å². The minimum atomic E-state index is -0.469. The van der Waals surface area contributed by atoms with Crippen molar-refractivity contribution in [2.75, 3.05) is 13.7 Å². The molecular weight excluding hydrogens is 282 g/mol. The molecule has 0 aliphatic carbocycles. The summed E-state index contributed by atoms with van der Waals surface area (Å²) < 4.78 is 4.98. The SMILES string of the molecule is CCOC(=O)/C(=N\OC)C1=CSc2ccccc2S1. The van der Waals surface area contributed by atoms with E-state index in [1.54, 1.807) is 18.7 Å². The maximum absolute atomic E-state index is 11.8. The predicted octanol–water partition coefficient (Wildman–Crippen LogP) is 3.29. The van der Waals surface area contributed by atoms with Crippen LogP contribution in [0.25, 0.3) is 0 Å². The number of nitrogens with zero attached hydrogens (tertiary/aromatic N) is 1. The molecule has 100 valence electrons. The van der Waals surface area contributed by atoms with Crippen LogP contribution in [-0.4, -0.2) is 25.4 Å². The fourth-order valence-electron chi connectivity index (χ4n) is 1.47. The lowest BCUT2D eigenvalue weighted by Gasteiger charge is -2.15. The molecule has 19 heavy (non-hydrogen) atoms. The number of ether oxygens (including phenoxy) is 1. The molecule has 0 spiro atoms. The molecule has 0 unspecified atom stereocenters. The van der Waals surface area contributed by atoms with Gasteiger partial charge in [0.1, 0.15) is 7.11 Å². The maximum Gasteiger partial charge on any atom is 0.361 e. The van der Waals surface area contributed by atoms with Crippen LogP contribution in [0.1, 0.15) is 6.92 Å². The molecule has 0 fully saturated rings. The van der Waals surface area contributed by atoms with Gasteiger partial charge in [-0.3, -0.25) is 0 Å². The van der Waals surface area contributed by atoms with Crippen molar-refractivity contribution < 1.29 is 14.4 Å².